The Morgan fingerprint density at radius 3 is 2.32 bits per heavy atom. The van der Waals surface area contributed by atoms with Gasteiger partial charge in [-0.15, -0.1) is 11.3 Å². The van der Waals surface area contributed by atoms with Gasteiger partial charge in [0.1, 0.15) is 0 Å². The Morgan fingerprint density at radius 1 is 1.16 bits per heavy atom. The summed E-state index contributed by atoms with van der Waals surface area (Å²) in [4.78, 5) is 15.6. The maximum Gasteiger partial charge on any atom is 0.322 e. The van der Waals surface area contributed by atoms with E-state index < -0.39 is 0 Å². The van der Waals surface area contributed by atoms with Crippen molar-refractivity contribution in [1.82, 2.24) is 4.90 Å². The molecule has 2 rings (SSSR count). The van der Waals surface area contributed by atoms with Crippen LogP contribution in [0.15, 0.2) is 29.6 Å². The second kappa shape index (κ2) is 9.17. The highest BCUT2D eigenvalue weighted by Gasteiger charge is 2.17. The molecule has 0 saturated heterocycles. The lowest BCUT2D eigenvalue weighted by atomic mass is 10.2. The zero-order valence-electron chi connectivity index (χ0n) is 15.0. The van der Waals surface area contributed by atoms with E-state index >= 15 is 0 Å². The van der Waals surface area contributed by atoms with Crippen LogP contribution in [0.25, 0.3) is 0 Å². The molecule has 1 aromatic heterocycles. The predicted octanol–water partition coefficient (Wildman–Crippen LogP) is 4.22. The second-order valence-corrected chi connectivity index (χ2v) is 6.38. The lowest BCUT2D eigenvalue weighted by Gasteiger charge is -2.22. The first-order chi connectivity index (χ1) is 12.1. The van der Waals surface area contributed by atoms with Crippen molar-refractivity contribution in [2.45, 2.75) is 19.9 Å². The van der Waals surface area contributed by atoms with Crippen LogP contribution in [0.1, 0.15) is 18.2 Å². The fourth-order valence-electron chi connectivity index (χ4n) is 2.47. The molecule has 1 N–H and O–H groups in total. The number of nitrogens with zero attached hydrogens (tertiary/aromatic N) is 1. The van der Waals surface area contributed by atoms with Crippen LogP contribution < -0.4 is 19.5 Å². The summed E-state index contributed by atoms with van der Waals surface area (Å²) in [5.41, 5.74) is 0.590. The van der Waals surface area contributed by atoms with Crippen LogP contribution in [-0.2, 0) is 6.54 Å². The number of thiophene rings is 1. The lowest BCUT2D eigenvalue weighted by molar-refractivity contribution is 0.209. The van der Waals surface area contributed by atoms with Crippen molar-refractivity contribution < 1.29 is 19.0 Å². The number of ether oxygens (including phenoxy) is 3. The number of hydrogen-bond acceptors (Lipinski definition) is 5. The van der Waals surface area contributed by atoms with Gasteiger partial charge in [-0.05, 0) is 17.9 Å². The summed E-state index contributed by atoms with van der Waals surface area (Å²) in [6.45, 7) is 3.31. The van der Waals surface area contributed by atoms with Crippen molar-refractivity contribution in [3.8, 4) is 17.2 Å². The Morgan fingerprint density at radius 2 is 1.84 bits per heavy atom. The van der Waals surface area contributed by atoms with E-state index in [0.29, 0.717) is 36.0 Å². The van der Waals surface area contributed by atoms with Crippen LogP contribution in [0.2, 0.25) is 0 Å². The Hall–Kier alpha value is -2.41. The van der Waals surface area contributed by atoms with E-state index in [9.17, 15) is 4.79 Å². The van der Waals surface area contributed by atoms with Gasteiger partial charge in [-0.3, -0.25) is 0 Å². The molecule has 0 radical (unpaired) electrons. The summed E-state index contributed by atoms with van der Waals surface area (Å²) in [6.07, 6.45) is 0.883. The zero-order chi connectivity index (χ0) is 18.2. The molecule has 2 aromatic rings. The lowest BCUT2D eigenvalue weighted by Crippen LogP contribution is -2.34. The molecule has 0 fully saturated rings. The average Bonchev–Trinajstić information content (AvgIpc) is 3.13. The number of carbonyl (C=O) groups is 1. The highest BCUT2D eigenvalue weighted by Crippen LogP contribution is 2.40. The number of carbonyl (C=O) groups excluding carboxylic acids is 1. The van der Waals surface area contributed by atoms with E-state index in [1.165, 1.54) is 0 Å². The fourth-order valence-corrected chi connectivity index (χ4v) is 3.19. The number of amides is 2. The third kappa shape index (κ3) is 4.79. The molecular weight excluding hydrogens is 340 g/mol. The monoisotopic (exact) mass is 364 g/mol. The van der Waals surface area contributed by atoms with Crippen molar-refractivity contribution in [2.75, 3.05) is 33.2 Å². The molecule has 2 amide bonds. The first-order valence-corrected chi connectivity index (χ1v) is 8.89. The molecule has 1 heterocycles. The third-order valence-corrected chi connectivity index (χ3v) is 4.48. The van der Waals surface area contributed by atoms with E-state index in [2.05, 4.69) is 5.32 Å². The number of urea groups is 1. The molecule has 6 nitrogen and oxygen atoms in total. The van der Waals surface area contributed by atoms with Crippen LogP contribution in [0.5, 0.6) is 17.2 Å². The smallest absolute Gasteiger partial charge is 0.322 e. The average molecular weight is 364 g/mol. The van der Waals surface area contributed by atoms with E-state index in [1.54, 1.807) is 49.7 Å². The molecule has 0 unspecified atom stereocenters. The molecule has 0 bridgehead atoms. The Labute approximate surface area is 152 Å². The number of anilines is 1. The summed E-state index contributed by atoms with van der Waals surface area (Å²) >= 11 is 1.64. The summed E-state index contributed by atoms with van der Waals surface area (Å²) in [7, 11) is 4.63. The van der Waals surface area contributed by atoms with Gasteiger partial charge in [0, 0.05) is 23.6 Å². The zero-order valence-corrected chi connectivity index (χ0v) is 15.8. The molecule has 136 valence electrons. The van der Waals surface area contributed by atoms with Crippen molar-refractivity contribution >= 4 is 23.1 Å². The molecule has 1 aromatic carbocycles. The summed E-state index contributed by atoms with van der Waals surface area (Å²) < 4.78 is 16.0. The van der Waals surface area contributed by atoms with Crippen LogP contribution in [-0.4, -0.2) is 38.8 Å². The van der Waals surface area contributed by atoms with E-state index in [1.807, 2.05) is 24.4 Å². The molecule has 0 aliphatic carbocycles. The van der Waals surface area contributed by atoms with Crippen molar-refractivity contribution in [1.29, 1.82) is 0 Å². The molecule has 0 aliphatic rings. The molecular formula is C18H24N2O4S. The largest absolute Gasteiger partial charge is 0.493 e. The van der Waals surface area contributed by atoms with Crippen molar-refractivity contribution in [3.63, 3.8) is 0 Å². The van der Waals surface area contributed by atoms with Crippen LogP contribution in [0.3, 0.4) is 0 Å². The van der Waals surface area contributed by atoms with E-state index in [0.717, 1.165) is 11.3 Å². The van der Waals surface area contributed by atoms with Gasteiger partial charge < -0.3 is 24.4 Å². The van der Waals surface area contributed by atoms with E-state index in [4.69, 9.17) is 14.2 Å². The topological polar surface area (TPSA) is 60.0 Å². The van der Waals surface area contributed by atoms with Crippen LogP contribution >= 0.6 is 11.3 Å². The number of methoxy groups -OCH3 is 3. The summed E-state index contributed by atoms with van der Waals surface area (Å²) in [5.74, 6) is 1.49. The highest BCUT2D eigenvalue weighted by atomic mass is 32.1. The minimum absolute atomic E-state index is 0.162. The number of benzene rings is 1. The third-order valence-electron chi connectivity index (χ3n) is 3.62. The quantitative estimate of drug-likeness (QED) is 0.762. The molecule has 25 heavy (non-hydrogen) atoms. The maximum atomic E-state index is 12.7. The van der Waals surface area contributed by atoms with Gasteiger partial charge in [0.25, 0.3) is 0 Å². The van der Waals surface area contributed by atoms with Gasteiger partial charge in [0.05, 0.1) is 33.6 Å². The van der Waals surface area contributed by atoms with Gasteiger partial charge in [0.2, 0.25) is 5.75 Å². The molecule has 0 atom stereocenters. The Bertz CT molecular complexity index is 663. The Kier molecular flexibility index (Phi) is 6.94. The minimum atomic E-state index is -0.162. The molecule has 0 saturated carbocycles. The SMILES string of the molecule is CCCN(Cc1cccs1)C(=O)Nc1cc(OC)c(OC)c(OC)c1. The standard InChI is InChI=1S/C18H24N2O4S/c1-5-8-20(12-14-7-6-9-25-14)18(21)19-13-10-15(22-2)17(24-4)16(11-13)23-3/h6-7,9-11H,5,8,12H2,1-4H3,(H,19,21). The Balaban J connectivity index is 2.19. The van der Waals surface area contributed by atoms with Gasteiger partial charge in [-0.2, -0.15) is 0 Å². The first kappa shape index (κ1) is 18.9. The molecule has 0 spiro atoms. The summed E-state index contributed by atoms with van der Waals surface area (Å²) in [6, 6.07) is 7.29. The van der Waals surface area contributed by atoms with Crippen LogP contribution in [0, 0.1) is 0 Å². The molecule has 0 aliphatic heterocycles. The number of rotatable bonds is 8. The fraction of sp³-hybridized carbons (Fsp3) is 0.389. The van der Waals surface area contributed by atoms with Crippen molar-refractivity contribution in [2.24, 2.45) is 0 Å². The normalized spacial score (nSPS) is 10.2. The van der Waals surface area contributed by atoms with Gasteiger partial charge in [0.15, 0.2) is 11.5 Å². The van der Waals surface area contributed by atoms with Gasteiger partial charge in [-0.1, -0.05) is 13.0 Å². The van der Waals surface area contributed by atoms with E-state index in [-0.39, 0.29) is 6.03 Å². The maximum absolute atomic E-state index is 12.7. The number of nitrogens with one attached hydrogen (secondary N) is 1. The van der Waals surface area contributed by atoms with Gasteiger partial charge >= 0.3 is 6.03 Å². The first-order valence-electron chi connectivity index (χ1n) is 8.01. The predicted molar refractivity (Wildman–Crippen MR) is 100 cm³/mol. The van der Waals surface area contributed by atoms with Crippen molar-refractivity contribution in [3.05, 3.63) is 34.5 Å². The minimum Gasteiger partial charge on any atom is -0.493 e. The van der Waals surface area contributed by atoms with Crippen LogP contribution in [0.4, 0.5) is 10.5 Å². The second-order valence-electron chi connectivity index (χ2n) is 5.35. The number of hydrogen-bond donors (Lipinski definition) is 1. The summed E-state index contributed by atoms with van der Waals surface area (Å²) in [5, 5.41) is 4.93. The molecule has 7 heteroatoms. The highest BCUT2D eigenvalue weighted by molar-refractivity contribution is 7.09. The van der Waals surface area contributed by atoms with Gasteiger partial charge in [-0.25, -0.2) is 4.79 Å².